The van der Waals surface area contributed by atoms with Crippen LogP contribution in [0.4, 0.5) is 5.82 Å². The van der Waals surface area contributed by atoms with Crippen LogP contribution in [0.5, 0.6) is 0 Å². The smallest absolute Gasteiger partial charge is 0.146 e. The standard InChI is InChI=1S/C14H20N4OS/c1-15-13-11-5-7-20-14(11)17-12(16-13)9-18(2)8-10-4-3-6-19-10/h5,7,10H,3-4,6,8-9H2,1-2H3,(H,15,16,17). The Hall–Kier alpha value is -1.24. The van der Waals surface area contributed by atoms with Gasteiger partial charge in [-0.3, -0.25) is 4.90 Å². The second-order valence-corrected chi connectivity index (χ2v) is 6.10. The van der Waals surface area contributed by atoms with Gasteiger partial charge in [-0.05, 0) is 31.3 Å². The molecule has 20 heavy (non-hydrogen) atoms. The number of hydrogen-bond donors (Lipinski definition) is 1. The minimum absolute atomic E-state index is 0.370. The topological polar surface area (TPSA) is 50.3 Å². The largest absolute Gasteiger partial charge is 0.377 e. The summed E-state index contributed by atoms with van der Waals surface area (Å²) in [5.41, 5.74) is 0. The number of fused-ring (bicyclic) bond motifs is 1. The summed E-state index contributed by atoms with van der Waals surface area (Å²) in [6.45, 7) is 2.60. The zero-order valence-electron chi connectivity index (χ0n) is 11.9. The van der Waals surface area contributed by atoms with Gasteiger partial charge in [0.2, 0.25) is 0 Å². The van der Waals surface area contributed by atoms with E-state index in [1.807, 2.05) is 7.05 Å². The van der Waals surface area contributed by atoms with Gasteiger partial charge in [-0.15, -0.1) is 11.3 Å². The monoisotopic (exact) mass is 292 g/mol. The van der Waals surface area contributed by atoms with Gasteiger partial charge in [0.15, 0.2) is 0 Å². The van der Waals surface area contributed by atoms with Gasteiger partial charge in [0, 0.05) is 20.2 Å². The van der Waals surface area contributed by atoms with Gasteiger partial charge in [0.25, 0.3) is 0 Å². The predicted octanol–water partition coefficient (Wildman–Crippen LogP) is 2.34. The molecule has 3 rings (SSSR count). The third kappa shape index (κ3) is 2.92. The average molecular weight is 292 g/mol. The van der Waals surface area contributed by atoms with Crippen LogP contribution in [0, 0.1) is 0 Å². The number of hydrogen-bond acceptors (Lipinski definition) is 6. The molecule has 0 spiro atoms. The summed E-state index contributed by atoms with van der Waals surface area (Å²) >= 11 is 1.66. The number of ether oxygens (including phenoxy) is 1. The highest BCUT2D eigenvalue weighted by Gasteiger charge is 2.18. The number of aromatic nitrogens is 2. The van der Waals surface area contributed by atoms with Gasteiger partial charge in [0.1, 0.15) is 16.5 Å². The van der Waals surface area contributed by atoms with Crippen molar-refractivity contribution in [2.24, 2.45) is 0 Å². The molecule has 2 aromatic heterocycles. The first kappa shape index (κ1) is 13.7. The first-order valence-electron chi connectivity index (χ1n) is 6.98. The van der Waals surface area contributed by atoms with Gasteiger partial charge in [-0.25, -0.2) is 9.97 Å². The van der Waals surface area contributed by atoms with Gasteiger partial charge in [-0.2, -0.15) is 0 Å². The summed E-state index contributed by atoms with van der Waals surface area (Å²) < 4.78 is 5.67. The fraction of sp³-hybridized carbons (Fsp3) is 0.571. The highest BCUT2D eigenvalue weighted by molar-refractivity contribution is 7.16. The van der Waals surface area contributed by atoms with E-state index in [1.165, 1.54) is 6.42 Å². The highest BCUT2D eigenvalue weighted by atomic mass is 32.1. The zero-order chi connectivity index (χ0) is 13.9. The number of anilines is 1. The molecule has 0 bridgehead atoms. The minimum Gasteiger partial charge on any atom is -0.377 e. The maximum Gasteiger partial charge on any atom is 0.146 e. The van der Waals surface area contributed by atoms with E-state index in [0.717, 1.165) is 48.0 Å². The Kier molecular flexibility index (Phi) is 4.14. The number of thiophene rings is 1. The maximum atomic E-state index is 5.67. The fourth-order valence-electron chi connectivity index (χ4n) is 2.60. The lowest BCUT2D eigenvalue weighted by Gasteiger charge is -2.19. The molecule has 6 heteroatoms. The number of nitrogens with zero attached hydrogens (tertiary/aromatic N) is 3. The van der Waals surface area contributed by atoms with E-state index in [2.05, 4.69) is 38.7 Å². The van der Waals surface area contributed by atoms with Gasteiger partial charge < -0.3 is 10.1 Å². The molecular formula is C14H20N4OS. The van der Waals surface area contributed by atoms with Crippen LogP contribution >= 0.6 is 11.3 Å². The summed E-state index contributed by atoms with van der Waals surface area (Å²) in [4.78, 5) is 12.5. The zero-order valence-corrected chi connectivity index (χ0v) is 12.7. The maximum absolute atomic E-state index is 5.67. The summed E-state index contributed by atoms with van der Waals surface area (Å²) in [6, 6.07) is 2.06. The van der Waals surface area contributed by atoms with Crippen molar-refractivity contribution in [3.05, 3.63) is 17.3 Å². The Morgan fingerprint density at radius 3 is 3.15 bits per heavy atom. The Balaban J connectivity index is 1.72. The van der Waals surface area contributed by atoms with E-state index in [9.17, 15) is 0 Å². The summed E-state index contributed by atoms with van der Waals surface area (Å²) in [7, 11) is 4.00. The second kappa shape index (κ2) is 6.03. The molecule has 1 fully saturated rings. The SMILES string of the molecule is CNc1nc(CN(C)CC2CCCO2)nc2sccc12. The van der Waals surface area contributed by atoms with Crippen LogP contribution < -0.4 is 5.32 Å². The van der Waals surface area contributed by atoms with Crippen molar-refractivity contribution in [3.63, 3.8) is 0 Å². The molecule has 1 atom stereocenters. The number of likely N-dealkylation sites (N-methyl/N-ethyl adjacent to an activating group) is 1. The quantitative estimate of drug-likeness (QED) is 0.916. The van der Waals surface area contributed by atoms with Crippen molar-refractivity contribution >= 4 is 27.4 Å². The highest BCUT2D eigenvalue weighted by Crippen LogP contribution is 2.25. The van der Waals surface area contributed by atoms with Gasteiger partial charge in [0.05, 0.1) is 18.0 Å². The average Bonchev–Trinajstić information content (AvgIpc) is 3.08. The lowest BCUT2D eigenvalue weighted by atomic mass is 10.2. The molecule has 1 N–H and O–H groups in total. The van der Waals surface area contributed by atoms with E-state index in [1.54, 1.807) is 11.3 Å². The van der Waals surface area contributed by atoms with E-state index < -0.39 is 0 Å². The molecule has 0 saturated carbocycles. The third-order valence-electron chi connectivity index (χ3n) is 3.56. The molecule has 0 aliphatic carbocycles. The van der Waals surface area contributed by atoms with E-state index in [0.29, 0.717) is 6.10 Å². The van der Waals surface area contributed by atoms with Crippen molar-refractivity contribution in [2.75, 3.05) is 32.6 Å². The predicted molar refractivity (Wildman–Crippen MR) is 82.3 cm³/mol. The first-order chi connectivity index (χ1) is 9.76. The molecule has 5 nitrogen and oxygen atoms in total. The van der Waals surface area contributed by atoms with Crippen LogP contribution in [0.1, 0.15) is 18.7 Å². The lowest BCUT2D eigenvalue weighted by molar-refractivity contribution is 0.0787. The summed E-state index contributed by atoms with van der Waals surface area (Å²) in [5.74, 6) is 1.78. The number of nitrogens with one attached hydrogen (secondary N) is 1. The molecule has 0 amide bonds. The molecule has 0 radical (unpaired) electrons. The molecule has 1 aliphatic heterocycles. The Morgan fingerprint density at radius 2 is 2.40 bits per heavy atom. The van der Waals surface area contributed by atoms with Crippen LogP contribution in [0.3, 0.4) is 0 Å². The Bertz CT molecular complexity index is 580. The first-order valence-corrected chi connectivity index (χ1v) is 7.86. The van der Waals surface area contributed by atoms with Crippen molar-refractivity contribution < 1.29 is 4.74 Å². The second-order valence-electron chi connectivity index (χ2n) is 5.21. The molecule has 0 aromatic carbocycles. The van der Waals surface area contributed by atoms with Crippen LogP contribution in [0.25, 0.3) is 10.2 Å². The van der Waals surface area contributed by atoms with E-state index in [-0.39, 0.29) is 0 Å². The van der Waals surface area contributed by atoms with Crippen LogP contribution in [0.15, 0.2) is 11.4 Å². The van der Waals surface area contributed by atoms with Crippen LogP contribution in [-0.2, 0) is 11.3 Å². The molecule has 1 unspecified atom stereocenters. The molecule has 3 heterocycles. The molecule has 1 saturated heterocycles. The van der Waals surface area contributed by atoms with Gasteiger partial charge >= 0.3 is 0 Å². The van der Waals surface area contributed by atoms with Crippen molar-refractivity contribution in [3.8, 4) is 0 Å². The molecule has 2 aromatic rings. The van der Waals surface area contributed by atoms with Crippen molar-refractivity contribution in [2.45, 2.75) is 25.5 Å². The van der Waals surface area contributed by atoms with Crippen LogP contribution in [0.2, 0.25) is 0 Å². The molecular weight excluding hydrogens is 272 g/mol. The van der Waals surface area contributed by atoms with Crippen LogP contribution in [-0.4, -0.2) is 48.2 Å². The van der Waals surface area contributed by atoms with Crippen molar-refractivity contribution in [1.29, 1.82) is 0 Å². The summed E-state index contributed by atoms with van der Waals surface area (Å²) in [5, 5.41) is 6.31. The van der Waals surface area contributed by atoms with Crippen molar-refractivity contribution in [1.82, 2.24) is 14.9 Å². The van der Waals surface area contributed by atoms with E-state index in [4.69, 9.17) is 4.74 Å². The number of rotatable bonds is 5. The third-order valence-corrected chi connectivity index (χ3v) is 4.37. The normalized spacial score (nSPS) is 19.1. The Morgan fingerprint density at radius 1 is 1.50 bits per heavy atom. The molecule has 108 valence electrons. The summed E-state index contributed by atoms with van der Waals surface area (Å²) in [6.07, 6.45) is 2.71. The van der Waals surface area contributed by atoms with E-state index >= 15 is 0 Å². The molecule has 1 aliphatic rings. The minimum atomic E-state index is 0.370. The van der Waals surface area contributed by atoms with Gasteiger partial charge in [-0.1, -0.05) is 0 Å². The lowest BCUT2D eigenvalue weighted by Crippen LogP contribution is -2.29. The fourth-order valence-corrected chi connectivity index (χ4v) is 3.39. The Labute approximate surface area is 123 Å².